The fourth-order valence-corrected chi connectivity index (χ4v) is 3.42. The highest BCUT2D eigenvalue weighted by molar-refractivity contribution is 6.15. The summed E-state index contributed by atoms with van der Waals surface area (Å²) < 4.78 is 54.2. The Labute approximate surface area is 171 Å². The topological polar surface area (TPSA) is 40.0 Å². The van der Waals surface area contributed by atoms with Crippen molar-refractivity contribution >= 4 is 17.1 Å². The number of hydrogen-bond donors (Lipinski definition) is 1. The minimum Gasteiger partial charge on any atom is -0.341 e. The van der Waals surface area contributed by atoms with Crippen LogP contribution in [0.25, 0.3) is 0 Å². The Balaban J connectivity index is 1.56. The number of hydrogen-bond acceptors (Lipinski definition) is 4. The van der Waals surface area contributed by atoms with Crippen molar-refractivity contribution in [2.45, 2.75) is 19.4 Å². The van der Waals surface area contributed by atoms with Crippen molar-refractivity contribution in [3.8, 4) is 0 Å². The second-order valence-electron chi connectivity index (χ2n) is 7.33. The molecule has 8 heteroatoms. The van der Waals surface area contributed by atoms with Crippen molar-refractivity contribution in [1.82, 2.24) is 5.32 Å². The average molecular weight is 416 g/mol. The van der Waals surface area contributed by atoms with E-state index in [0.717, 1.165) is 18.8 Å². The van der Waals surface area contributed by atoms with E-state index in [0.29, 0.717) is 22.5 Å². The summed E-state index contributed by atoms with van der Waals surface area (Å²) in [5, 5.41) is 10.4. The van der Waals surface area contributed by atoms with Crippen LogP contribution in [-0.2, 0) is 6.54 Å². The largest absolute Gasteiger partial charge is 0.341 e. The van der Waals surface area contributed by atoms with Crippen LogP contribution >= 0.6 is 0 Å². The Morgan fingerprint density at radius 1 is 1.13 bits per heavy atom. The zero-order chi connectivity index (χ0) is 21.3. The summed E-state index contributed by atoms with van der Waals surface area (Å²) in [5.74, 6) is -0.697. The Morgan fingerprint density at radius 3 is 2.53 bits per heavy atom. The first-order valence-electron chi connectivity index (χ1n) is 9.55. The molecule has 2 aromatic rings. The maximum Gasteiger partial charge on any atom is 0.278 e. The standard InChI is InChI=1S/C22H20F4N4/c1-13(16-10-27-11-16)30(18-4-2-3-17(23)8-18)12-15-6-5-14(7-19(15)24)20-9-21(22(25)26)29-28-20/h2-8,16,22,27H,1,9-12H2. The van der Waals surface area contributed by atoms with Gasteiger partial charge in [-0.15, -0.1) is 0 Å². The number of anilines is 1. The number of nitrogens with one attached hydrogen (secondary N) is 1. The molecule has 0 aromatic heterocycles. The highest BCUT2D eigenvalue weighted by Crippen LogP contribution is 2.29. The number of halogens is 4. The van der Waals surface area contributed by atoms with Crippen LogP contribution in [0.4, 0.5) is 23.2 Å². The lowest BCUT2D eigenvalue weighted by atomic mass is 9.97. The van der Waals surface area contributed by atoms with E-state index in [1.807, 2.05) is 0 Å². The molecule has 0 aliphatic carbocycles. The third kappa shape index (κ3) is 4.14. The minimum absolute atomic E-state index is 0.0998. The van der Waals surface area contributed by atoms with Gasteiger partial charge >= 0.3 is 0 Å². The molecule has 2 aliphatic rings. The van der Waals surface area contributed by atoms with Crippen molar-refractivity contribution in [2.75, 3.05) is 18.0 Å². The number of benzene rings is 2. The van der Waals surface area contributed by atoms with E-state index in [-0.39, 0.29) is 30.4 Å². The second kappa shape index (κ2) is 8.39. The lowest BCUT2D eigenvalue weighted by Crippen LogP contribution is -2.46. The predicted octanol–water partition coefficient (Wildman–Crippen LogP) is 4.52. The molecule has 2 aromatic carbocycles. The minimum atomic E-state index is -2.68. The molecule has 0 unspecified atom stereocenters. The predicted molar refractivity (Wildman–Crippen MR) is 109 cm³/mol. The Hall–Kier alpha value is -3.00. The first kappa shape index (κ1) is 20.3. The van der Waals surface area contributed by atoms with Gasteiger partial charge in [-0.05, 0) is 24.3 Å². The maximum atomic E-state index is 14.9. The van der Waals surface area contributed by atoms with Gasteiger partial charge in [0, 0.05) is 47.9 Å². The highest BCUT2D eigenvalue weighted by atomic mass is 19.3. The zero-order valence-electron chi connectivity index (χ0n) is 16.1. The second-order valence-corrected chi connectivity index (χ2v) is 7.33. The van der Waals surface area contributed by atoms with E-state index >= 15 is 0 Å². The van der Waals surface area contributed by atoms with Crippen LogP contribution in [0.3, 0.4) is 0 Å². The molecule has 1 N–H and O–H groups in total. The van der Waals surface area contributed by atoms with Gasteiger partial charge in [0.2, 0.25) is 0 Å². The summed E-state index contributed by atoms with van der Waals surface area (Å²) in [5.41, 5.74) is 2.14. The van der Waals surface area contributed by atoms with Gasteiger partial charge in [-0.25, -0.2) is 17.6 Å². The van der Waals surface area contributed by atoms with Crippen molar-refractivity contribution < 1.29 is 17.6 Å². The van der Waals surface area contributed by atoms with E-state index in [1.54, 1.807) is 29.2 Å². The number of nitrogens with zero attached hydrogens (tertiary/aromatic N) is 3. The third-order valence-electron chi connectivity index (χ3n) is 5.33. The molecule has 156 valence electrons. The van der Waals surface area contributed by atoms with Crippen molar-refractivity contribution in [1.29, 1.82) is 0 Å². The molecule has 2 heterocycles. The van der Waals surface area contributed by atoms with Gasteiger partial charge in [0.1, 0.15) is 17.3 Å². The molecule has 30 heavy (non-hydrogen) atoms. The Bertz CT molecular complexity index is 1030. The molecule has 0 atom stereocenters. The van der Waals surface area contributed by atoms with Gasteiger partial charge in [0.15, 0.2) is 0 Å². The van der Waals surface area contributed by atoms with Crippen LogP contribution < -0.4 is 10.2 Å². The summed E-state index contributed by atoms with van der Waals surface area (Å²) in [6.07, 6.45) is -2.78. The molecular weight excluding hydrogens is 396 g/mol. The quantitative estimate of drug-likeness (QED) is 0.675. The van der Waals surface area contributed by atoms with Gasteiger partial charge < -0.3 is 10.2 Å². The molecule has 0 spiro atoms. The van der Waals surface area contributed by atoms with Crippen LogP contribution in [0.1, 0.15) is 17.5 Å². The molecule has 4 rings (SSSR count). The average Bonchev–Trinajstić information content (AvgIpc) is 3.16. The third-order valence-corrected chi connectivity index (χ3v) is 5.33. The zero-order valence-corrected chi connectivity index (χ0v) is 16.1. The molecule has 1 fully saturated rings. The smallest absolute Gasteiger partial charge is 0.278 e. The van der Waals surface area contributed by atoms with Crippen molar-refractivity contribution in [3.05, 3.63) is 77.5 Å². The summed E-state index contributed by atoms with van der Waals surface area (Å²) in [6.45, 7) is 5.84. The van der Waals surface area contributed by atoms with Crippen molar-refractivity contribution in [3.63, 3.8) is 0 Å². The van der Waals surface area contributed by atoms with E-state index < -0.39 is 12.2 Å². The van der Waals surface area contributed by atoms with Gasteiger partial charge in [-0.2, -0.15) is 10.2 Å². The van der Waals surface area contributed by atoms with Crippen molar-refractivity contribution in [2.24, 2.45) is 16.1 Å². The number of rotatable bonds is 7. The summed E-state index contributed by atoms with van der Waals surface area (Å²) in [7, 11) is 0. The molecule has 0 bridgehead atoms. The first-order valence-corrected chi connectivity index (χ1v) is 9.55. The Morgan fingerprint density at radius 2 is 1.93 bits per heavy atom. The normalized spacial score (nSPS) is 16.3. The van der Waals surface area contributed by atoms with Crippen LogP contribution in [0.2, 0.25) is 0 Å². The van der Waals surface area contributed by atoms with Crippen LogP contribution in [-0.4, -0.2) is 30.9 Å². The first-order chi connectivity index (χ1) is 14.4. The molecule has 0 amide bonds. The number of alkyl halides is 2. The van der Waals surface area contributed by atoms with E-state index in [2.05, 4.69) is 22.1 Å². The lowest BCUT2D eigenvalue weighted by molar-refractivity contribution is 0.224. The van der Waals surface area contributed by atoms with Crippen LogP contribution in [0.15, 0.2) is 64.9 Å². The van der Waals surface area contributed by atoms with E-state index in [1.165, 1.54) is 18.2 Å². The maximum absolute atomic E-state index is 14.9. The van der Waals surface area contributed by atoms with Crippen LogP contribution in [0, 0.1) is 17.6 Å². The van der Waals surface area contributed by atoms with Gasteiger partial charge in [0.05, 0.1) is 12.3 Å². The molecule has 1 saturated heterocycles. The monoisotopic (exact) mass is 416 g/mol. The van der Waals surface area contributed by atoms with Crippen LogP contribution in [0.5, 0.6) is 0 Å². The molecular formula is C22H20F4N4. The fourth-order valence-electron chi connectivity index (χ4n) is 3.42. The SMILES string of the molecule is C=C(C1CNC1)N(Cc1ccc(C2=NN=C(C(F)F)C2)cc1F)c1cccc(F)c1. The molecule has 2 aliphatic heterocycles. The lowest BCUT2D eigenvalue weighted by Gasteiger charge is -2.37. The van der Waals surface area contributed by atoms with Gasteiger partial charge in [0.25, 0.3) is 6.43 Å². The summed E-state index contributed by atoms with van der Waals surface area (Å²) in [6, 6.07) is 10.6. The summed E-state index contributed by atoms with van der Waals surface area (Å²) in [4.78, 5) is 1.80. The Kier molecular flexibility index (Phi) is 5.67. The fraction of sp³-hybridized carbons (Fsp3) is 0.273. The highest BCUT2D eigenvalue weighted by Gasteiger charge is 2.26. The van der Waals surface area contributed by atoms with E-state index in [4.69, 9.17) is 0 Å². The molecule has 0 radical (unpaired) electrons. The van der Waals surface area contributed by atoms with Gasteiger partial charge in [-0.3, -0.25) is 0 Å². The van der Waals surface area contributed by atoms with Gasteiger partial charge in [-0.1, -0.05) is 24.8 Å². The molecule has 4 nitrogen and oxygen atoms in total. The summed E-state index contributed by atoms with van der Waals surface area (Å²) >= 11 is 0. The molecule has 0 saturated carbocycles. The van der Waals surface area contributed by atoms with E-state index in [9.17, 15) is 17.6 Å².